The SMILES string of the molecule is CCCCCCCCCCCCCCCCCC(=O)OC1C(OC2C(OC3C(OC4C(Oc5ccc(-c6cc(=O)c7c(O)cc(OC)cc7o6)cc5OC)OCC(O)C4O)OCC(O)C3O)OCC(O)C2O)OCC(O)C1O. The van der Waals surface area contributed by atoms with Gasteiger partial charge in [0.05, 0.1) is 40.6 Å². The lowest BCUT2D eigenvalue weighted by atomic mass is 10.0. The molecule has 0 aliphatic carbocycles. The van der Waals surface area contributed by atoms with E-state index in [2.05, 4.69) is 6.92 Å². The third kappa shape index (κ3) is 16.0. The average Bonchev–Trinajstić information content (AvgIpc) is 3.49. The number of aliphatic hydroxyl groups is 8. The molecule has 1 aromatic heterocycles. The molecule has 16 atom stereocenters. The third-order valence-corrected chi connectivity index (χ3v) is 14.6. The number of phenolic OH excluding ortho intramolecular Hbond substituents is 1. The minimum Gasteiger partial charge on any atom is -0.507 e. The van der Waals surface area contributed by atoms with Crippen molar-refractivity contribution in [2.75, 3.05) is 40.6 Å². The number of methoxy groups -OCH3 is 2. The van der Waals surface area contributed by atoms with E-state index >= 15 is 0 Å². The van der Waals surface area contributed by atoms with Crippen molar-refractivity contribution in [2.45, 2.75) is 208 Å². The fourth-order valence-corrected chi connectivity index (χ4v) is 9.94. The van der Waals surface area contributed by atoms with E-state index in [0.717, 1.165) is 25.7 Å². The predicted molar refractivity (Wildman–Crippen MR) is 274 cm³/mol. The average molecular weight is 1110 g/mol. The van der Waals surface area contributed by atoms with Crippen LogP contribution < -0.4 is 19.6 Å². The van der Waals surface area contributed by atoms with Crippen LogP contribution in [0.1, 0.15) is 110 Å². The highest BCUT2D eigenvalue weighted by atomic mass is 16.8. The Morgan fingerprint density at radius 2 is 0.987 bits per heavy atom. The van der Waals surface area contributed by atoms with Crippen LogP contribution in [-0.4, -0.2) is 191 Å². The maximum Gasteiger partial charge on any atom is 0.306 e. The molecule has 7 rings (SSSR count). The van der Waals surface area contributed by atoms with Gasteiger partial charge in [-0.2, -0.15) is 0 Å². The second-order valence-corrected chi connectivity index (χ2v) is 20.5. The van der Waals surface area contributed by atoms with E-state index in [9.17, 15) is 55.5 Å². The van der Waals surface area contributed by atoms with Crippen molar-refractivity contribution < 1.29 is 107 Å². The van der Waals surface area contributed by atoms with Crippen molar-refractivity contribution in [1.29, 1.82) is 0 Å². The molecule has 4 fully saturated rings. The van der Waals surface area contributed by atoms with Gasteiger partial charge in [0, 0.05) is 30.2 Å². The Bertz CT molecular complexity index is 2370. The van der Waals surface area contributed by atoms with Crippen LogP contribution in [0.15, 0.2) is 45.6 Å². The monoisotopic (exact) mass is 1110 g/mol. The molecule has 4 aliphatic heterocycles. The van der Waals surface area contributed by atoms with Crippen LogP contribution in [0.2, 0.25) is 0 Å². The van der Waals surface area contributed by atoms with Gasteiger partial charge in [-0.15, -0.1) is 0 Å². The van der Waals surface area contributed by atoms with Crippen molar-refractivity contribution in [2.24, 2.45) is 0 Å². The van der Waals surface area contributed by atoms with E-state index in [1.807, 2.05) is 0 Å². The Morgan fingerprint density at radius 1 is 0.538 bits per heavy atom. The van der Waals surface area contributed by atoms with Gasteiger partial charge in [0.1, 0.15) is 89.3 Å². The molecule has 23 heteroatoms. The summed E-state index contributed by atoms with van der Waals surface area (Å²) in [5.74, 6) is -0.556. The van der Waals surface area contributed by atoms with E-state index in [1.165, 1.54) is 115 Å². The Balaban J connectivity index is 0.978. The number of carbonyl (C=O) groups excluding carboxylic acids is 1. The zero-order valence-electron chi connectivity index (χ0n) is 44.6. The molecule has 0 spiro atoms. The maximum atomic E-state index is 13.2. The van der Waals surface area contributed by atoms with Crippen molar-refractivity contribution in [1.82, 2.24) is 0 Å². The topological polar surface area (TPSA) is 331 Å². The molecule has 4 aliphatic rings. The number of aliphatic hydroxyl groups excluding tert-OH is 8. The quantitative estimate of drug-likeness (QED) is 0.0372. The highest BCUT2D eigenvalue weighted by Gasteiger charge is 2.53. The summed E-state index contributed by atoms with van der Waals surface area (Å²) in [5.41, 5.74) is -0.122. The molecule has 0 bridgehead atoms. The predicted octanol–water partition coefficient (Wildman–Crippen LogP) is 3.20. The summed E-state index contributed by atoms with van der Waals surface area (Å²) < 4.78 is 70.0. The standard InChI is InChI=1S/C55H80O23/c1-4-5-6-7-8-9-10-11-12-13-14-15-16-17-18-19-42(62)75-48-44(63)34(58)27-70-53(48)77-50-46(65)36(60)29-72-55(50)78-51-47(66)37(61)28-71-54(51)76-49-45(64)35(59)26-69-52(49)74-38-21-20-30(22-40(38)68-3)39-25-33(57)43-32(56)23-31(67-2)24-41(43)73-39/h20-25,34-37,44-56,58-61,63-66H,4-19,26-29H2,1-3H3. The van der Waals surface area contributed by atoms with Gasteiger partial charge in [0.25, 0.3) is 0 Å². The zero-order valence-corrected chi connectivity index (χ0v) is 44.6. The molecule has 0 amide bonds. The molecule has 0 radical (unpaired) electrons. The number of aromatic hydroxyl groups is 1. The fraction of sp³-hybridized carbons (Fsp3) is 0.709. The molecular weight excluding hydrogens is 1030 g/mol. The van der Waals surface area contributed by atoms with E-state index in [1.54, 1.807) is 0 Å². The van der Waals surface area contributed by atoms with Gasteiger partial charge in [-0.25, -0.2) is 0 Å². The van der Waals surface area contributed by atoms with Gasteiger partial charge in [-0.05, 0) is 24.6 Å². The second-order valence-electron chi connectivity index (χ2n) is 20.5. The number of phenols is 1. The van der Waals surface area contributed by atoms with Crippen molar-refractivity contribution >= 4 is 16.9 Å². The minimum atomic E-state index is -1.81. The van der Waals surface area contributed by atoms with Gasteiger partial charge in [-0.1, -0.05) is 96.8 Å². The summed E-state index contributed by atoms with van der Waals surface area (Å²) in [6, 6.07) is 8.39. The summed E-state index contributed by atoms with van der Waals surface area (Å²) in [7, 11) is 2.73. The van der Waals surface area contributed by atoms with Gasteiger partial charge in [-0.3, -0.25) is 9.59 Å². The normalized spacial score (nSPS) is 31.5. The van der Waals surface area contributed by atoms with Crippen LogP contribution in [0.3, 0.4) is 0 Å². The smallest absolute Gasteiger partial charge is 0.306 e. The first kappa shape index (κ1) is 61.3. The van der Waals surface area contributed by atoms with Crippen molar-refractivity contribution in [3.8, 4) is 34.3 Å². The molecule has 9 N–H and O–H groups in total. The molecule has 16 unspecified atom stereocenters. The zero-order chi connectivity index (χ0) is 55.9. The second kappa shape index (κ2) is 30.0. The Kier molecular flexibility index (Phi) is 23.6. The van der Waals surface area contributed by atoms with Gasteiger partial charge in [0.15, 0.2) is 48.0 Å². The molecular formula is C55H80O23. The summed E-state index contributed by atoms with van der Waals surface area (Å²) in [4.78, 5) is 26.2. The van der Waals surface area contributed by atoms with Crippen LogP contribution in [0, 0.1) is 0 Å². The largest absolute Gasteiger partial charge is 0.507 e. The summed E-state index contributed by atoms with van der Waals surface area (Å²) in [5, 5.41) is 98.4. The lowest BCUT2D eigenvalue weighted by molar-refractivity contribution is -0.383. The molecule has 4 saturated heterocycles. The number of benzene rings is 2. The van der Waals surface area contributed by atoms with E-state index in [0.29, 0.717) is 12.0 Å². The molecule has 78 heavy (non-hydrogen) atoms. The van der Waals surface area contributed by atoms with Crippen LogP contribution in [0.4, 0.5) is 0 Å². The van der Waals surface area contributed by atoms with Crippen molar-refractivity contribution in [3.63, 3.8) is 0 Å². The molecule has 23 nitrogen and oxygen atoms in total. The van der Waals surface area contributed by atoms with Crippen LogP contribution in [-0.2, 0) is 42.7 Å². The van der Waals surface area contributed by atoms with Crippen molar-refractivity contribution in [3.05, 3.63) is 46.6 Å². The highest BCUT2D eigenvalue weighted by molar-refractivity contribution is 5.86. The number of hydrogen-bond donors (Lipinski definition) is 9. The van der Waals surface area contributed by atoms with Gasteiger partial charge < -0.3 is 102 Å². The Hall–Kier alpha value is -4.28. The summed E-state index contributed by atoms with van der Waals surface area (Å²) >= 11 is 0. The Morgan fingerprint density at radius 3 is 1.47 bits per heavy atom. The number of esters is 1. The van der Waals surface area contributed by atoms with E-state index in [-0.39, 0.29) is 46.1 Å². The van der Waals surface area contributed by atoms with Crippen LogP contribution in [0.5, 0.6) is 23.0 Å². The number of fused-ring (bicyclic) bond motifs is 1. The molecule has 5 heterocycles. The first-order valence-electron chi connectivity index (χ1n) is 27.4. The number of hydrogen-bond acceptors (Lipinski definition) is 23. The maximum absolute atomic E-state index is 13.2. The molecule has 2 aromatic carbocycles. The molecule has 0 saturated carbocycles. The molecule has 3 aromatic rings. The minimum absolute atomic E-state index is 0.00741. The number of ether oxygens (including phenoxy) is 11. The lowest BCUT2D eigenvalue weighted by Crippen LogP contribution is -2.64. The fourth-order valence-electron chi connectivity index (χ4n) is 9.94. The van der Waals surface area contributed by atoms with Gasteiger partial charge in [0.2, 0.25) is 6.29 Å². The molecule has 438 valence electrons. The summed E-state index contributed by atoms with van der Waals surface area (Å²) in [6.45, 7) is 0.264. The Labute approximate surface area is 452 Å². The first-order chi connectivity index (χ1) is 37.6. The number of rotatable bonds is 28. The van der Waals surface area contributed by atoms with E-state index in [4.69, 9.17) is 56.5 Å². The van der Waals surface area contributed by atoms with Crippen LogP contribution in [0.25, 0.3) is 22.3 Å². The summed E-state index contributed by atoms with van der Waals surface area (Å²) in [6.07, 6.45) is -9.36. The highest BCUT2D eigenvalue weighted by Crippen LogP contribution is 2.38. The number of unbranched alkanes of at least 4 members (excludes halogenated alkanes) is 14. The van der Waals surface area contributed by atoms with Gasteiger partial charge >= 0.3 is 5.97 Å². The van der Waals surface area contributed by atoms with E-state index < -0.39 is 136 Å². The number of carbonyl (C=O) groups is 1. The third-order valence-electron chi connectivity index (χ3n) is 14.6. The first-order valence-corrected chi connectivity index (χ1v) is 27.4. The lowest BCUT2D eigenvalue weighted by Gasteiger charge is -2.46. The van der Waals surface area contributed by atoms with Crippen LogP contribution >= 0.6 is 0 Å².